The molecule has 94 valence electrons. The number of benzene rings is 1. The van der Waals surface area contributed by atoms with E-state index in [1.54, 1.807) is 14.2 Å². The molecule has 0 radical (unpaired) electrons. The largest absolute Gasteiger partial charge is 0.496 e. The Morgan fingerprint density at radius 2 is 2.00 bits per heavy atom. The Bertz CT molecular complexity index is 439. The van der Waals surface area contributed by atoms with Gasteiger partial charge in [-0.2, -0.15) is 0 Å². The standard InChI is InChI=1S/C13H17ClO3/c1-8-6-10(16-2)9(7-13(15)4-5-13)11(14)12(8)17-3/h6,15H,4-5,7H2,1-3H3. The maximum atomic E-state index is 10.0. The molecule has 0 heterocycles. The molecule has 1 aromatic rings. The normalized spacial score (nSPS) is 16.8. The van der Waals surface area contributed by atoms with E-state index in [2.05, 4.69) is 0 Å². The van der Waals surface area contributed by atoms with E-state index < -0.39 is 5.60 Å². The second-order valence-electron chi connectivity index (χ2n) is 4.62. The lowest BCUT2D eigenvalue weighted by atomic mass is 10.0. The number of aliphatic hydroxyl groups is 1. The first-order valence-corrected chi connectivity index (χ1v) is 6.01. The summed E-state index contributed by atoms with van der Waals surface area (Å²) >= 11 is 6.32. The fourth-order valence-corrected chi connectivity index (χ4v) is 2.40. The molecule has 3 nitrogen and oxygen atoms in total. The van der Waals surface area contributed by atoms with E-state index in [-0.39, 0.29) is 0 Å². The van der Waals surface area contributed by atoms with E-state index in [0.717, 1.165) is 24.0 Å². The highest BCUT2D eigenvalue weighted by atomic mass is 35.5. The van der Waals surface area contributed by atoms with Gasteiger partial charge in [0.05, 0.1) is 24.8 Å². The van der Waals surface area contributed by atoms with Crippen molar-refractivity contribution >= 4 is 11.6 Å². The molecule has 1 aromatic carbocycles. The number of hydrogen-bond acceptors (Lipinski definition) is 3. The molecule has 0 aliphatic heterocycles. The zero-order chi connectivity index (χ0) is 12.6. The van der Waals surface area contributed by atoms with E-state index in [1.165, 1.54) is 0 Å². The second-order valence-corrected chi connectivity index (χ2v) is 5.00. The molecule has 1 N–H and O–H groups in total. The number of hydrogen-bond donors (Lipinski definition) is 1. The summed E-state index contributed by atoms with van der Waals surface area (Å²) < 4.78 is 10.6. The topological polar surface area (TPSA) is 38.7 Å². The molecule has 0 saturated heterocycles. The fourth-order valence-electron chi connectivity index (χ4n) is 2.02. The fraction of sp³-hybridized carbons (Fsp3) is 0.538. The molecule has 0 aromatic heterocycles. The van der Waals surface area contributed by atoms with E-state index in [0.29, 0.717) is 22.9 Å². The van der Waals surface area contributed by atoms with Gasteiger partial charge in [0, 0.05) is 12.0 Å². The summed E-state index contributed by atoms with van der Waals surface area (Å²) in [5.41, 5.74) is 1.16. The molecule has 0 amide bonds. The van der Waals surface area contributed by atoms with Gasteiger partial charge in [-0.3, -0.25) is 0 Å². The van der Waals surface area contributed by atoms with Crippen molar-refractivity contribution < 1.29 is 14.6 Å². The van der Waals surface area contributed by atoms with Crippen LogP contribution in [0.25, 0.3) is 0 Å². The third kappa shape index (κ3) is 2.35. The van der Waals surface area contributed by atoms with Gasteiger partial charge in [0.1, 0.15) is 11.5 Å². The average molecular weight is 257 g/mol. The van der Waals surface area contributed by atoms with Crippen LogP contribution in [0.15, 0.2) is 6.07 Å². The Kier molecular flexibility index (Phi) is 3.23. The maximum absolute atomic E-state index is 10.0. The van der Waals surface area contributed by atoms with Gasteiger partial charge in [0.15, 0.2) is 0 Å². The van der Waals surface area contributed by atoms with Crippen LogP contribution in [0.1, 0.15) is 24.0 Å². The van der Waals surface area contributed by atoms with Crippen LogP contribution in [0, 0.1) is 6.92 Å². The molecule has 1 aliphatic rings. The third-order valence-electron chi connectivity index (χ3n) is 3.22. The Morgan fingerprint density at radius 3 is 2.47 bits per heavy atom. The number of ether oxygens (including phenoxy) is 2. The molecule has 4 heteroatoms. The Morgan fingerprint density at radius 1 is 1.35 bits per heavy atom. The summed E-state index contributed by atoms with van der Waals surface area (Å²) in [5, 5.41) is 10.6. The number of methoxy groups -OCH3 is 2. The van der Waals surface area contributed by atoms with Crippen LogP contribution < -0.4 is 9.47 Å². The zero-order valence-corrected chi connectivity index (χ0v) is 11.1. The van der Waals surface area contributed by atoms with Crippen molar-refractivity contribution in [3.8, 4) is 11.5 Å². The van der Waals surface area contributed by atoms with Crippen LogP contribution in [0.2, 0.25) is 5.02 Å². The summed E-state index contributed by atoms with van der Waals surface area (Å²) in [6.45, 7) is 1.92. The summed E-state index contributed by atoms with van der Waals surface area (Å²) in [6.07, 6.45) is 2.16. The highest BCUT2D eigenvalue weighted by Gasteiger charge is 2.41. The van der Waals surface area contributed by atoms with Gasteiger partial charge in [-0.05, 0) is 31.4 Å². The van der Waals surface area contributed by atoms with Gasteiger partial charge < -0.3 is 14.6 Å². The van der Waals surface area contributed by atoms with Gasteiger partial charge >= 0.3 is 0 Å². The summed E-state index contributed by atoms with van der Waals surface area (Å²) in [7, 11) is 3.20. The molecular formula is C13H17ClO3. The monoisotopic (exact) mass is 256 g/mol. The second kappa shape index (κ2) is 4.39. The summed E-state index contributed by atoms with van der Waals surface area (Å²) in [6, 6.07) is 1.89. The lowest BCUT2D eigenvalue weighted by molar-refractivity contribution is 0.150. The van der Waals surface area contributed by atoms with Crippen LogP contribution >= 0.6 is 11.6 Å². The number of rotatable bonds is 4. The van der Waals surface area contributed by atoms with E-state index >= 15 is 0 Å². The van der Waals surface area contributed by atoms with Gasteiger partial charge in [-0.15, -0.1) is 0 Å². The van der Waals surface area contributed by atoms with Crippen molar-refractivity contribution in [2.24, 2.45) is 0 Å². The zero-order valence-electron chi connectivity index (χ0n) is 10.3. The van der Waals surface area contributed by atoms with Crippen LogP contribution in [-0.2, 0) is 6.42 Å². The first-order chi connectivity index (χ1) is 8.00. The SMILES string of the molecule is COc1cc(C)c(OC)c(Cl)c1CC1(O)CC1. The minimum atomic E-state index is -0.600. The van der Waals surface area contributed by atoms with Crippen molar-refractivity contribution in [1.82, 2.24) is 0 Å². The Balaban J connectivity index is 2.46. The van der Waals surface area contributed by atoms with E-state index in [1.807, 2.05) is 13.0 Å². The molecule has 0 unspecified atom stereocenters. The minimum absolute atomic E-state index is 0.519. The first kappa shape index (κ1) is 12.5. The average Bonchev–Trinajstić information content (AvgIpc) is 3.01. The van der Waals surface area contributed by atoms with Crippen molar-refractivity contribution in [2.75, 3.05) is 14.2 Å². The van der Waals surface area contributed by atoms with Gasteiger partial charge in [-0.1, -0.05) is 11.6 Å². The van der Waals surface area contributed by atoms with E-state index in [9.17, 15) is 5.11 Å². The third-order valence-corrected chi connectivity index (χ3v) is 3.62. The van der Waals surface area contributed by atoms with Crippen molar-refractivity contribution in [2.45, 2.75) is 31.8 Å². The molecule has 2 rings (SSSR count). The molecular weight excluding hydrogens is 240 g/mol. The predicted octanol–water partition coefficient (Wildman–Crippen LogP) is 2.73. The van der Waals surface area contributed by atoms with E-state index in [4.69, 9.17) is 21.1 Å². The highest BCUT2D eigenvalue weighted by Crippen LogP contribution is 2.45. The lowest BCUT2D eigenvalue weighted by Gasteiger charge is -2.17. The molecule has 1 aliphatic carbocycles. The summed E-state index contributed by atoms with van der Waals surface area (Å²) in [5.74, 6) is 1.38. The number of halogens is 1. The van der Waals surface area contributed by atoms with Crippen LogP contribution in [0.3, 0.4) is 0 Å². The molecule has 1 saturated carbocycles. The number of aryl methyl sites for hydroxylation is 1. The molecule has 0 bridgehead atoms. The van der Waals surface area contributed by atoms with Crippen LogP contribution in [0.4, 0.5) is 0 Å². The Labute approximate surface area is 106 Å². The molecule has 0 atom stereocenters. The van der Waals surface area contributed by atoms with Crippen molar-refractivity contribution in [1.29, 1.82) is 0 Å². The van der Waals surface area contributed by atoms with Gasteiger partial charge in [0.25, 0.3) is 0 Å². The highest BCUT2D eigenvalue weighted by molar-refractivity contribution is 6.33. The quantitative estimate of drug-likeness (QED) is 0.900. The minimum Gasteiger partial charge on any atom is -0.496 e. The maximum Gasteiger partial charge on any atom is 0.140 e. The van der Waals surface area contributed by atoms with Crippen molar-refractivity contribution in [3.63, 3.8) is 0 Å². The summed E-state index contributed by atoms with van der Waals surface area (Å²) in [4.78, 5) is 0. The Hall–Kier alpha value is -0.930. The van der Waals surface area contributed by atoms with Gasteiger partial charge in [-0.25, -0.2) is 0 Å². The van der Waals surface area contributed by atoms with Gasteiger partial charge in [0.2, 0.25) is 0 Å². The molecule has 0 spiro atoms. The lowest BCUT2D eigenvalue weighted by Crippen LogP contribution is -2.12. The van der Waals surface area contributed by atoms with Crippen LogP contribution in [0.5, 0.6) is 11.5 Å². The van der Waals surface area contributed by atoms with Crippen molar-refractivity contribution in [3.05, 3.63) is 22.2 Å². The first-order valence-electron chi connectivity index (χ1n) is 5.63. The predicted molar refractivity (Wildman–Crippen MR) is 67.2 cm³/mol. The van der Waals surface area contributed by atoms with Crippen LogP contribution in [-0.4, -0.2) is 24.9 Å². The molecule has 17 heavy (non-hydrogen) atoms. The molecule has 1 fully saturated rings. The smallest absolute Gasteiger partial charge is 0.140 e.